The first-order chi connectivity index (χ1) is 10.5. The smallest absolute Gasteiger partial charge is 0.238 e. The van der Waals surface area contributed by atoms with Crippen LogP contribution in [0.5, 0.6) is 0 Å². The third kappa shape index (κ3) is 5.31. The van der Waals surface area contributed by atoms with Crippen LogP contribution in [-0.2, 0) is 16.1 Å². The highest BCUT2D eigenvalue weighted by Gasteiger charge is 2.08. The van der Waals surface area contributed by atoms with Crippen molar-refractivity contribution in [2.24, 2.45) is 0 Å². The monoisotopic (exact) mass is 317 g/mol. The van der Waals surface area contributed by atoms with Crippen molar-refractivity contribution in [3.05, 3.63) is 46.7 Å². The van der Waals surface area contributed by atoms with Crippen molar-refractivity contribution in [3.63, 3.8) is 0 Å². The van der Waals surface area contributed by atoms with Gasteiger partial charge in [0.05, 0.1) is 6.54 Å². The molecule has 2 rings (SSSR count). The molecule has 6 heteroatoms. The Kier molecular flexibility index (Phi) is 5.68. The number of hydrogen-bond acceptors (Lipinski definition) is 4. The molecule has 0 spiro atoms. The second-order valence-corrected chi connectivity index (χ2v) is 6.09. The number of anilines is 2. The quantitative estimate of drug-likeness (QED) is 0.861. The van der Waals surface area contributed by atoms with Gasteiger partial charge < -0.3 is 10.6 Å². The second kappa shape index (κ2) is 7.72. The normalized spacial score (nSPS) is 10.5. The summed E-state index contributed by atoms with van der Waals surface area (Å²) in [6.07, 6.45) is 0. The molecule has 0 aliphatic carbocycles. The molecule has 0 radical (unpaired) electrons. The summed E-state index contributed by atoms with van der Waals surface area (Å²) in [5.74, 6) is -0.224. The molecular weight excluding hydrogens is 298 g/mol. The Balaban J connectivity index is 1.87. The van der Waals surface area contributed by atoms with Crippen LogP contribution in [0.1, 0.15) is 11.8 Å². The molecule has 0 unspecified atom stereocenters. The summed E-state index contributed by atoms with van der Waals surface area (Å²) in [6.45, 7) is 2.50. The van der Waals surface area contributed by atoms with Crippen LogP contribution in [0.4, 0.5) is 11.4 Å². The number of benzene rings is 1. The molecule has 0 atom stereocenters. The third-order valence-corrected chi connectivity index (χ3v) is 3.75. The van der Waals surface area contributed by atoms with Gasteiger partial charge in [-0.2, -0.15) is 0 Å². The fraction of sp³-hybridized carbons (Fsp3) is 0.250. The summed E-state index contributed by atoms with van der Waals surface area (Å²) in [4.78, 5) is 26.3. The van der Waals surface area contributed by atoms with E-state index in [0.717, 1.165) is 6.54 Å². The number of hydrogen-bond donors (Lipinski definition) is 2. The summed E-state index contributed by atoms with van der Waals surface area (Å²) in [5, 5.41) is 7.55. The number of nitrogens with zero attached hydrogens (tertiary/aromatic N) is 1. The molecule has 2 N–H and O–H groups in total. The van der Waals surface area contributed by atoms with Gasteiger partial charge in [-0.15, -0.1) is 11.3 Å². The Morgan fingerprint density at radius 1 is 1.14 bits per heavy atom. The topological polar surface area (TPSA) is 61.4 Å². The first-order valence-corrected chi connectivity index (χ1v) is 7.79. The molecule has 1 aromatic carbocycles. The molecule has 1 heterocycles. The molecule has 0 saturated carbocycles. The highest BCUT2D eigenvalue weighted by atomic mass is 32.1. The second-order valence-electron chi connectivity index (χ2n) is 5.06. The van der Waals surface area contributed by atoms with E-state index in [1.807, 2.05) is 23.4 Å². The Bertz CT molecular complexity index is 641. The van der Waals surface area contributed by atoms with Crippen molar-refractivity contribution in [2.45, 2.75) is 13.5 Å². The van der Waals surface area contributed by atoms with Crippen molar-refractivity contribution >= 4 is 34.5 Å². The van der Waals surface area contributed by atoms with Crippen molar-refractivity contribution < 1.29 is 9.59 Å². The van der Waals surface area contributed by atoms with E-state index >= 15 is 0 Å². The number of carbonyl (C=O) groups excluding carboxylic acids is 2. The minimum absolute atomic E-state index is 0.0842. The summed E-state index contributed by atoms with van der Waals surface area (Å²) in [6, 6.07) is 11.1. The van der Waals surface area contributed by atoms with Crippen LogP contribution in [-0.4, -0.2) is 30.3 Å². The van der Waals surface area contributed by atoms with Gasteiger partial charge in [-0.25, -0.2) is 0 Å². The van der Waals surface area contributed by atoms with E-state index in [0.29, 0.717) is 17.9 Å². The van der Waals surface area contributed by atoms with E-state index in [1.165, 1.54) is 11.8 Å². The van der Waals surface area contributed by atoms with Crippen LogP contribution in [0, 0.1) is 0 Å². The number of carbonyl (C=O) groups is 2. The van der Waals surface area contributed by atoms with Crippen LogP contribution in [0.2, 0.25) is 0 Å². The molecule has 2 amide bonds. The first-order valence-electron chi connectivity index (χ1n) is 6.91. The van der Waals surface area contributed by atoms with Crippen LogP contribution in [0.15, 0.2) is 41.8 Å². The Morgan fingerprint density at radius 2 is 1.86 bits per heavy atom. The van der Waals surface area contributed by atoms with Crippen molar-refractivity contribution in [3.8, 4) is 0 Å². The zero-order valence-electron chi connectivity index (χ0n) is 12.6. The van der Waals surface area contributed by atoms with E-state index in [1.54, 1.807) is 35.6 Å². The molecule has 0 aliphatic heterocycles. The van der Waals surface area contributed by atoms with Crippen LogP contribution in [0.25, 0.3) is 0 Å². The van der Waals surface area contributed by atoms with Gasteiger partial charge in [0.2, 0.25) is 11.8 Å². The number of likely N-dealkylation sites (N-methyl/N-ethyl adjacent to an activating group) is 1. The summed E-state index contributed by atoms with van der Waals surface area (Å²) >= 11 is 1.68. The SMILES string of the molecule is CC(=O)Nc1cccc(NC(=O)CN(C)Cc2cccs2)c1. The lowest BCUT2D eigenvalue weighted by Crippen LogP contribution is -2.29. The summed E-state index contributed by atoms with van der Waals surface area (Å²) < 4.78 is 0. The lowest BCUT2D eigenvalue weighted by molar-refractivity contribution is -0.117. The Labute approximate surface area is 134 Å². The molecule has 0 bridgehead atoms. The predicted octanol–water partition coefficient (Wildman–Crippen LogP) is 2.78. The molecule has 116 valence electrons. The van der Waals surface area contributed by atoms with Gasteiger partial charge in [0.15, 0.2) is 0 Å². The molecular formula is C16H19N3O2S. The van der Waals surface area contributed by atoms with Crippen molar-refractivity contribution in [1.82, 2.24) is 4.90 Å². The molecule has 0 aliphatic rings. The fourth-order valence-corrected chi connectivity index (χ4v) is 2.83. The van der Waals surface area contributed by atoms with Gasteiger partial charge in [0.1, 0.15) is 0 Å². The van der Waals surface area contributed by atoms with E-state index in [-0.39, 0.29) is 11.8 Å². The molecule has 2 aromatic rings. The average molecular weight is 317 g/mol. The largest absolute Gasteiger partial charge is 0.326 e. The van der Waals surface area contributed by atoms with Gasteiger partial charge in [-0.3, -0.25) is 14.5 Å². The Hall–Kier alpha value is -2.18. The molecule has 1 aromatic heterocycles. The number of amides is 2. The summed E-state index contributed by atoms with van der Waals surface area (Å²) in [7, 11) is 1.91. The lowest BCUT2D eigenvalue weighted by atomic mass is 10.2. The van der Waals surface area contributed by atoms with Crippen molar-refractivity contribution in [2.75, 3.05) is 24.2 Å². The zero-order chi connectivity index (χ0) is 15.9. The summed E-state index contributed by atoms with van der Waals surface area (Å²) in [5.41, 5.74) is 1.33. The van der Waals surface area contributed by atoms with Gasteiger partial charge in [0, 0.05) is 29.7 Å². The van der Waals surface area contributed by atoms with Crippen LogP contribution >= 0.6 is 11.3 Å². The van der Waals surface area contributed by atoms with E-state index < -0.39 is 0 Å². The molecule has 0 fully saturated rings. The van der Waals surface area contributed by atoms with E-state index in [4.69, 9.17) is 0 Å². The standard InChI is InChI=1S/C16H19N3O2S/c1-12(20)17-13-5-3-6-14(9-13)18-16(21)11-19(2)10-15-7-4-8-22-15/h3-9H,10-11H2,1-2H3,(H,17,20)(H,18,21). The highest BCUT2D eigenvalue weighted by molar-refractivity contribution is 7.09. The molecule has 5 nitrogen and oxygen atoms in total. The van der Waals surface area contributed by atoms with Gasteiger partial charge >= 0.3 is 0 Å². The van der Waals surface area contributed by atoms with Gasteiger partial charge in [-0.05, 0) is 36.7 Å². The minimum atomic E-state index is -0.140. The van der Waals surface area contributed by atoms with Crippen molar-refractivity contribution in [1.29, 1.82) is 0 Å². The maximum Gasteiger partial charge on any atom is 0.238 e. The zero-order valence-corrected chi connectivity index (χ0v) is 13.4. The average Bonchev–Trinajstić information content (AvgIpc) is 2.90. The minimum Gasteiger partial charge on any atom is -0.326 e. The van der Waals surface area contributed by atoms with Gasteiger partial charge in [-0.1, -0.05) is 12.1 Å². The van der Waals surface area contributed by atoms with Crippen LogP contribution in [0.3, 0.4) is 0 Å². The maximum atomic E-state index is 12.0. The predicted molar refractivity (Wildman–Crippen MR) is 90.0 cm³/mol. The van der Waals surface area contributed by atoms with E-state index in [9.17, 15) is 9.59 Å². The Morgan fingerprint density at radius 3 is 2.50 bits per heavy atom. The highest BCUT2D eigenvalue weighted by Crippen LogP contribution is 2.15. The van der Waals surface area contributed by atoms with Crippen LogP contribution < -0.4 is 10.6 Å². The maximum absolute atomic E-state index is 12.0. The number of thiophene rings is 1. The number of rotatable bonds is 6. The fourth-order valence-electron chi connectivity index (χ4n) is 2.05. The first kappa shape index (κ1) is 16.2. The van der Waals surface area contributed by atoms with Gasteiger partial charge in [0.25, 0.3) is 0 Å². The lowest BCUT2D eigenvalue weighted by Gasteiger charge is -2.15. The third-order valence-electron chi connectivity index (χ3n) is 2.89. The van der Waals surface area contributed by atoms with E-state index in [2.05, 4.69) is 16.7 Å². The number of nitrogens with one attached hydrogen (secondary N) is 2. The molecule has 22 heavy (non-hydrogen) atoms. The molecule has 0 saturated heterocycles.